The van der Waals surface area contributed by atoms with E-state index in [9.17, 15) is 8.78 Å². The number of hydrogen-bond donors (Lipinski definition) is 2. The largest absolute Gasteiger partial charge is 0.490 e. The average Bonchev–Trinajstić information content (AvgIpc) is 2.71. The molecule has 2 N–H and O–H groups in total. The van der Waals surface area contributed by atoms with Crippen molar-refractivity contribution in [2.75, 3.05) is 20.8 Å². The van der Waals surface area contributed by atoms with Gasteiger partial charge in [0.1, 0.15) is 0 Å². The fourth-order valence-electron chi connectivity index (χ4n) is 2.80. The number of methoxy groups -OCH3 is 1. The van der Waals surface area contributed by atoms with Gasteiger partial charge < -0.3 is 24.8 Å². The van der Waals surface area contributed by atoms with Gasteiger partial charge in [-0.1, -0.05) is 36.4 Å². The molecule has 158 valence electrons. The third kappa shape index (κ3) is 6.90. The predicted molar refractivity (Wildman–Crippen MR) is 108 cm³/mol. The Labute approximate surface area is 169 Å². The van der Waals surface area contributed by atoms with Crippen LogP contribution in [0.1, 0.15) is 23.6 Å². The molecule has 0 atom stereocenters. The number of halogens is 2. The third-order valence-corrected chi connectivity index (χ3v) is 4.10. The molecule has 0 bridgehead atoms. The van der Waals surface area contributed by atoms with E-state index >= 15 is 0 Å². The molecule has 0 aliphatic rings. The van der Waals surface area contributed by atoms with Gasteiger partial charge in [0.25, 0.3) is 0 Å². The number of aliphatic imine (C=N–C) groups is 1. The lowest BCUT2D eigenvalue weighted by molar-refractivity contribution is -0.0520. The molecule has 0 amide bonds. The maximum absolute atomic E-state index is 12.9. The van der Waals surface area contributed by atoms with E-state index in [0.717, 1.165) is 11.1 Å². The molecule has 6 nitrogen and oxygen atoms in total. The topological polar surface area (TPSA) is 64.1 Å². The van der Waals surface area contributed by atoms with E-state index in [0.29, 0.717) is 31.3 Å². The molecule has 0 fully saturated rings. The summed E-state index contributed by atoms with van der Waals surface area (Å²) in [6, 6.07) is 13.0. The number of benzene rings is 2. The zero-order chi connectivity index (χ0) is 21.1. The van der Waals surface area contributed by atoms with Gasteiger partial charge in [-0.05, 0) is 24.1 Å². The van der Waals surface area contributed by atoms with Crippen LogP contribution in [0, 0.1) is 0 Å². The molecule has 0 saturated heterocycles. The number of nitrogens with zero attached hydrogens (tertiary/aromatic N) is 1. The van der Waals surface area contributed by atoms with Crippen LogP contribution in [0.25, 0.3) is 0 Å². The lowest BCUT2D eigenvalue weighted by atomic mass is 10.1. The fraction of sp³-hybridized carbons (Fsp3) is 0.381. The van der Waals surface area contributed by atoms with Gasteiger partial charge >= 0.3 is 6.61 Å². The highest BCUT2D eigenvalue weighted by Crippen LogP contribution is 2.32. The molecule has 2 rings (SSSR count). The number of para-hydroxylation sites is 1. The second kappa shape index (κ2) is 11.9. The maximum atomic E-state index is 12.9. The molecule has 2 aromatic rings. The molecule has 0 saturated carbocycles. The zero-order valence-electron chi connectivity index (χ0n) is 16.9. The molecule has 0 aromatic heterocycles. The quantitative estimate of drug-likeness (QED) is 0.465. The van der Waals surface area contributed by atoms with Crippen molar-refractivity contribution in [3.05, 3.63) is 59.2 Å². The maximum Gasteiger partial charge on any atom is 0.387 e. The number of rotatable bonds is 10. The van der Waals surface area contributed by atoms with Gasteiger partial charge in [0.2, 0.25) is 0 Å². The van der Waals surface area contributed by atoms with E-state index in [1.807, 2.05) is 24.3 Å². The van der Waals surface area contributed by atoms with E-state index in [1.54, 1.807) is 39.3 Å². The first-order valence-electron chi connectivity index (χ1n) is 9.28. The van der Waals surface area contributed by atoms with E-state index in [1.165, 1.54) is 0 Å². The average molecular weight is 407 g/mol. The Balaban J connectivity index is 2.05. The molecule has 0 spiro atoms. The molecular formula is C21H27F2N3O3. The van der Waals surface area contributed by atoms with Gasteiger partial charge in [-0.3, -0.25) is 4.99 Å². The second-order valence-electron chi connectivity index (χ2n) is 6.04. The van der Waals surface area contributed by atoms with Gasteiger partial charge in [0, 0.05) is 32.8 Å². The normalized spacial score (nSPS) is 11.4. The summed E-state index contributed by atoms with van der Waals surface area (Å²) >= 11 is 0. The summed E-state index contributed by atoms with van der Waals surface area (Å²) in [7, 11) is 3.30. The second-order valence-corrected chi connectivity index (χ2v) is 6.04. The first kappa shape index (κ1) is 22.4. The number of hydrogen-bond acceptors (Lipinski definition) is 4. The fourth-order valence-corrected chi connectivity index (χ4v) is 2.80. The zero-order valence-corrected chi connectivity index (χ0v) is 16.9. The van der Waals surface area contributed by atoms with Crippen molar-refractivity contribution in [2.24, 2.45) is 4.99 Å². The van der Waals surface area contributed by atoms with E-state index < -0.39 is 6.61 Å². The number of guanidine groups is 1. The van der Waals surface area contributed by atoms with Crippen molar-refractivity contribution in [3.63, 3.8) is 0 Å². The van der Waals surface area contributed by atoms with Crippen LogP contribution in [0.3, 0.4) is 0 Å². The summed E-state index contributed by atoms with van der Waals surface area (Å²) in [6.45, 7) is 0.485. The minimum absolute atomic E-state index is 0.0257. The van der Waals surface area contributed by atoms with Gasteiger partial charge in [-0.2, -0.15) is 8.78 Å². The van der Waals surface area contributed by atoms with Crippen LogP contribution < -0.4 is 20.1 Å². The molecule has 8 heteroatoms. The highest BCUT2D eigenvalue weighted by atomic mass is 19.3. The van der Waals surface area contributed by atoms with Gasteiger partial charge in [0.15, 0.2) is 17.5 Å². The van der Waals surface area contributed by atoms with Crippen molar-refractivity contribution < 1.29 is 23.0 Å². The summed E-state index contributed by atoms with van der Waals surface area (Å²) in [5.41, 5.74) is 2.70. The van der Waals surface area contributed by atoms with Crippen LogP contribution >= 0.6 is 0 Å². The van der Waals surface area contributed by atoms with E-state index in [-0.39, 0.29) is 18.0 Å². The molecule has 29 heavy (non-hydrogen) atoms. The molecule has 0 aliphatic carbocycles. The van der Waals surface area contributed by atoms with Crippen molar-refractivity contribution >= 4 is 5.96 Å². The Bertz CT molecular complexity index is 800. The lowest BCUT2D eigenvalue weighted by Crippen LogP contribution is -2.36. The summed E-state index contributed by atoms with van der Waals surface area (Å²) < 4.78 is 41.0. The number of alkyl halides is 2. The first-order valence-corrected chi connectivity index (χ1v) is 9.28. The minimum Gasteiger partial charge on any atom is -0.490 e. The van der Waals surface area contributed by atoms with Crippen molar-refractivity contribution in [1.29, 1.82) is 0 Å². The number of nitrogens with one attached hydrogen (secondary N) is 2. The van der Waals surface area contributed by atoms with Crippen LogP contribution in [0.2, 0.25) is 0 Å². The smallest absolute Gasteiger partial charge is 0.387 e. The number of ether oxygens (including phenoxy) is 3. The summed E-state index contributed by atoms with van der Waals surface area (Å²) in [6.07, 6.45) is 0. The summed E-state index contributed by atoms with van der Waals surface area (Å²) in [4.78, 5) is 4.19. The molecule has 0 radical (unpaired) electrons. The van der Waals surface area contributed by atoms with Gasteiger partial charge in [-0.25, -0.2) is 0 Å². The van der Waals surface area contributed by atoms with Gasteiger partial charge in [0.05, 0.1) is 13.2 Å². The third-order valence-electron chi connectivity index (χ3n) is 4.10. The Hall–Kier alpha value is -2.87. The SMILES string of the molecule is CCOc1cccc(CNC(=NC)NCc2ccccc2COC)c1OC(F)F. The highest BCUT2D eigenvalue weighted by molar-refractivity contribution is 5.79. The van der Waals surface area contributed by atoms with Crippen LogP contribution in [0.4, 0.5) is 8.78 Å². The molecule has 2 aromatic carbocycles. The highest BCUT2D eigenvalue weighted by Gasteiger charge is 2.16. The Morgan fingerprint density at radius 1 is 1.00 bits per heavy atom. The Kier molecular flexibility index (Phi) is 9.17. The van der Waals surface area contributed by atoms with Crippen molar-refractivity contribution in [1.82, 2.24) is 10.6 Å². The molecule has 0 heterocycles. The lowest BCUT2D eigenvalue weighted by Gasteiger charge is -2.17. The first-order chi connectivity index (χ1) is 14.1. The summed E-state index contributed by atoms with van der Waals surface area (Å²) in [5.74, 6) is 0.836. The van der Waals surface area contributed by atoms with Gasteiger partial charge in [-0.15, -0.1) is 0 Å². The molecule has 0 aliphatic heterocycles. The van der Waals surface area contributed by atoms with E-state index in [4.69, 9.17) is 14.2 Å². The van der Waals surface area contributed by atoms with E-state index in [2.05, 4.69) is 15.6 Å². The molecule has 0 unspecified atom stereocenters. The Morgan fingerprint density at radius 2 is 1.66 bits per heavy atom. The van der Waals surface area contributed by atoms with Crippen LogP contribution in [-0.2, 0) is 24.4 Å². The monoisotopic (exact) mass is 407 g/mol. The van der Waals surface area contributed by atoms with Crippen LogP contribution in [-0.4, -0.2) is 33.3 Å². The predicted octanol–water partition coefficient (Wildman–Crippen LogP) is 3.70. The Morgan fingerprint density at radius 3 is 2.28 bits per heavy atom. The molecular weight excluding hydrogens is 380 g/mol. The minimum atomic E-state index is -2.94. The standard InChI is InChI=1S/C21H27F2N3O3/c1-4-28-18-11-7-10-16(19(18)29-20(22)23)13-26-21(24-2)25-12-15-8-5-6-9-17(15)14-27-3/h5-11,20H,4,12-14H2,1-3H3,(H2,24,25,26). The van der Waals surface area contributed by atoms with Crippen molar-refractivity contribution in [2.45, 2.75) is 33.2 Å². The van der Waals surface area contributed by atoms with Crippen LogP contribution in [0.5, 0.6) is 11.5 Å². The van der Waals surface area contributed by atoms with Crippen LogP contribution in [0.15, 0.2) is 47.5 Å². The van der Waals surface area contributed by atoms with Crippen molar-refractivity contribution in [3.8, 4) is 11.5 Å². The summed E-state index contributed by atoms with van der Waals surface area (Å²) in [5, 5.41) is 6.34.